The van der Waals surface area contributed by atoms with E-state index in [1.807, 2.05) is 16.2 Å². The number of aryl methyl sites for hydroxylation is 4. The summed E-state index contributed by atoms with van der Waals surface area (Å²) in [6.45, 7) is 9.52. The van der Waals surface area contributed by atoms with Crippen molar-refractivity contribution in [3.63, 3.8) is 0 Å². The Kier molecular flexibility index (Phi) is 3.87. The van der Waals surface area contributed by atoms with Crippen LogP contribution in [0.15, 0.2) is 4.63 Å². The second-order valence-electron chi connectivity index (χ2n) is 6.69. The number of carbonyl (C=O) groups is 1. The van der Waals surface area contributed by atoms with Gasteiger partial charge in [0.1, 0.15) is 16.3 Å². The molecule has 3 aromatic heterocycles. The van der Waals surface area contributed by atoms with Crippen LogP contribution in [0, 0.1) is 27.7 Å². The number of fused-ring (bicyclic) bond motifs is 1. The van der Waals surface area contributed by atoms with Crippen molar-refractivity contribution >= 4 is 22.1 Å². The first kappa shape index (κ1) is 16.3. The highest BCUT2D eigenvalue weighted by Gasteiger charge is 2.30. The summed E-state index contributed by atoms with van der Waals surface area (Å²) in [5.74, 6) is 1.35. The van der Waals surface area contributed by atoms with E-state index >= 15 is 0 Å². The average molecular weight is 359 g/mol. The molecule has 1 fully saturated rings. The standard InChI is InChI=1S/C17H21N5O2S/c1-9-14(20-24-19-9)16(23)21-7-5-13(6-8-21)15-17-22(12(4)18-15)10(2)11(3)25-17/h13H,5-8H2,1-4H3. The van der Waals surface area contributed by atoms with Gasteiger partial charge in [-0.2, -0.15) is 0 Å². The number of nitrogens with zero attached hydrogens (tertiary/aromatic N) is 5. The molecule has 7 nitrogen and oxygen atoms in total. The number of imidazole rings is 1. The molecule has 0 saturated carbocycles. The first-order valence-corrected chi connectivity index (χ1v) is 9.32. The normalized spacial score (nSPS) is 16.1. The number of hydrogen-bond acceptors (Lipinski definition) is 6. The van der Waals surface area contributed by atoms with Crippen LogP contribution in [-0.4, -0.2) is 43.6 Å². The molecule has 4 heterocycles. The summed E-state index contributed by atoms with van der Waals surface area (Å²) in [4.78, 5) is 21.8. The molecule has 3 aromatic rings. The fraction of sp³-hybridized carbons (Fsp3) is 0.529. The smallest absolute Gasteiger partial charge is 0.278 e. The Bertz CT molecular complexity index is 946. The summed E-state index contributed by atoms with van der Waals surface area (Å²) in [7, 11) is 0. The van der Waals surface area contributed by atoms with Gasteiger partial charge in [0.2, 0.25) is 0 Å². The van der Waals surface area contributed by atoms with Crippen LogP contribution in [0.2, 0.25) is 0 Å². The molecule has 0 aromatic carbocycles. The third kappa shape index (κ3) is 2.55. The number of aromatic nitrogens is 4. The molecule has 0 bridgehead atoms. The number of piperidine rings is 1. The third-order valence-electron chi connectivity index (χ3n) is 5.15. The van der Waals surface area contributed by atoms with Crippen LogP contribution >= 0.6 is 11.3 Å². The van der Waals surface area contributed by atoms with Gasteiger partial charge in [-0.15, -0.1) is 11.3 Å². The molecule has 4 rings (SSSR count). The van der Waals surface area contributed by atoms with Gasteiger partial charge in [0.15, 0.2) is 5.69 Å². The fourth-order valence-corrected chi connectivity index (χ4v) is 4.81. The van der Waals surface area contributed by atoms with Crippen molar-refractivity contribution in [1.82, 2.24) is 24.6 Å². The van der Waals surface area contributed by atoms with Crippen LogP contribution in [0.4, 0.5) is 0 Å². The SMILES string of the molecule is Cc1nonc1C(=O)N1CCC(c2nc(C)n3c(C)c(C)sc23)CC1. The Morgan fingerprint density at radius 1 is 1.16 bits per heavy atom. The number of rotatable bonds is 2. The van der Waals surface area contributed by atoms with Gasteiger partial charge in [0, 0.05) is 29.6 Å². The predicted octanol–water partition coefficient (Wildman–Crippen LogP) is 3.03. The Morgan fingerprint density at radius 3 is 2.52 bits per heavy atom. The molecule has 25 heavy (non-hydrogen) atoms. The number of likely N-dealkylation sites (tertiary alicyclic amines) is 1. The summed E-state index contributed by atoms with van der Waals surface area (Å²) in [6, 6.07) is 0. The van der Waals surface area contributed by atoms with E-state index in [0.717, 1.165) is 18.7 Å². The summed E-state index contributed by atoms with van der Waals surface area (Å²) >= 11 is 1.82. The van der Waals surface area contributed by atoms with E-state index in [0.29, 0.717) is 30.4 Å². The molecule has 1 aliphatic heterocycles. The lowest BCUT2D eigenvalue weighted by atomic mass is 9.94. The van der Waals surface area contributed by atoms with Crippen LogP contribution < -0.4 is 0 Å². The van der Waals surface area contributed by atoms with E-state index in [1.54, 1.807) is 6.92 Å². The maximum absolute atomic E-state index is 12.5. The molecule has 0 aliphatic carbocycles. The van der Waals surface area contributed by atoms with Crippen molar-refractivity contribution in [3.05, 3.63) is 33.5 Å². The van der Waals surface area contributed by atoms with Crippen LogP contribution in [0.3, 0.4) is 0 Å². The zero-order chi connectivity index (χ0) is 17.7. The average Bonchev–Trinajstić information content (AvgIpc) is 3.25. The molecule has 132 valence electrons. The summed E-state index contributed by atoms with van der Waals surface area (Å²) < 4.78 is 6.91. The molecule has 0 atom stereocenters. The zero-order valence-corrected chi connectivity index (χ0v) is 15.7. The third-order valence-corrected chi connectivity index (χ3v) is 6.33. The molecule has 0 unspecified atom stereocenters. The van der Waals surface area contributed by atoms with Crippen LogP contribution in [0.5, 0.6) is 0 Å². The van der Waals surface area contributed by atoms with E-state index in [4.69, 9.17) is 4.98 Å². The minimum absolute atomic E-state index is 0.0915. The van der Waals surface area contributed by atoms with Crippen LogP contribution in [0.1, 0.15) is 57.0 Å². The first-order chi connectivity index (χ1) is 12.0. The van der Waals surface area contributed by atoms with E-state index < -0.39 is 0 Å². The number of carbonyl (C=O) groups excluding carboxylic acids is 1. The number of amides is 1. The second kappa shape index (κ2) is 5.94. The van der Waals surface area contributed by atoms with Gasteiger partial charge in [0.05, 0.1) is 5.69 Å². The predicted molar refractivity (Wildman–Crippen MR) is 94.2 cm³/mol. The van der Waals surface area contributed by atoms with E-state index in [-0.39, 0.29) is 5.91 Å². The number of hydrogen-bond donors (Lipinski definition) is 0. The quantitative estimate of drug-likeness (QED) is 0.703. The Balaban J connectivity index is 1.54. The van der Waals surface area contributed by atoms with Crippen LogP contribution in [0.25, 0.3) is 4.83 Å². The Labute approximate surface area is 149 Å². The molecule has 1 aliphatic rings. The molecular formula is C17H21N5O2S. The molecule has 8 heteroatoms. The molecule has 0 spiro atoms. The summed E-state index contributed by atoms with van der Waals surface area (Å²) in [5, 5.41) is 7.43. The van der Waals surface area contributed by atoms with Gasteiger partial charge >= 0.3 is 0 Å². The molecule has 0 radical (unpaired) electrons. The van der Waals surface area contributed by atoms with Crippen LogP contribution in [-0.2, 0) is 0 Å². The number of thiazole rings is 1. The molecule has 0 N–H and O–H groups in total. The summed E-state index contributed by atoms with van der Waals surface area (Å²) in [5.41, 5.74) is 3.33. The lowest BCUT2D eigenvalue weighted by Crippen LogP contribution is -2.38. The van der Waals surface area contributed by atoms with E-state index in [2.05, 4.69) is 40.1 Å². The minimum Gasteiger partial charge on any atom is -0.337 e. The Hall–Kier alpha value is -2.22. The van der Waals surface area contributed by atoms with Crippen molar-refractivity contribution in [2.75, 3.05) is 13.1 Å². The van der Waals surface area contributed by atoms with Gasteiger partial charge in [0.25, 0.3) is 5.91 Å². The van der Waals surface area contributed by atoms with E-state index in [1.165, 1.54) is 21.1 Å². The highest BCUT2D eigenvalue weighted by Crippen LogP contribution is 2.35. The zero-order valence-electron chi connectivity index (χ0n) is 14.9. The first-order valence-electron chi connectivity index (χ1n) is 8.50. The Morgan fingerprint density at radius 2 is 1.88 bits per heavy atom. The van der Waals surface area contributed by atoms with Gasteiger partial charge in [-0.3, -0.25) is 9.20 Å². The van der Waals surface area contributed by atoms with Gasteiger partial charge in [-0.25, -0.2) is 9.61 Å². The lowest BCUT2D eigenvalue weighted by molar-refractivity contribution is 0.0700. The van der Waals surface area contributed by atoms with Crippen molar-refractivity contribution < 1.29 is 9.42 Å². The van der Waals surface area contributed by atoms with Crippen molar-refractivity contribution in [3.8, 4) is 0 Å². The highest BCUT2D eigenvalue weighted by atomic mass is 32.1. The molecular weight excluding hydrogens is 338 g/mol. The minimum atomic E-state index is -0.0915. The monoisotopic (exact) mass is 359 g/mol. The van der Waals surface area contributed by atoms with E-state index in [9.17, 15) is 4.79 Å². The highest BCUT2D eigenvalue weighted by molar-refractivity contribution is 7.17. The lowest BCUT2D eigenvalue weighted by Gasteiger charge is -2.30. The second-order valence-corrected chi connectivity index (χ2v) is 7.90. The van der Waals surface area contributed by atoms with Crippen molar-refractivity contribution in [2.24, 2.45) is 0 Å². The van der Waals surface area contributed by atoms with Gasteiger partial charge < -0.3 is 4.90 Å². The fourth-order valence-electron chi connectivity index (χ4n) is 3.60. The topological polar surface area (TPSA) is 76.5 Å². The largest absolute Gasteiger partial charge is 0.337 e. The molecule has 1 saturated heterocycles. The summed E-state index contributed by atoms with van der Waals surface area (Å²) in [6.07, 6.45) is 1.83. The maximum Gasteiger partial charge on any atom is 0.278 e. The van der Waals surface area contributed by atoms with Crippen molar-refractivity contribution in [1.29, 1.82) is 0 Å². The van der Waals surface area contributed by atoms with Gasteiger partial charge in [-0.05, 0) is 45.7 Å². The maximum atomic E-state index is 12.5. The van der Waals surface area contributed by atoms with Crippen molar-refractivity contribution in [2.45, 2.75) is 46.5 Å². The molecule has 1 amide bonds. The van der Waals surface area contributed by atoms with Gasteiger partial charge in [-0.1, -0.05) is 5.16 Å².